The Morgan fingerprint density at radius 1 is 0.732 bits per heavy atom. The normalized spacial score (nSPS) is 17.3. The molecule has 0 rings (SSSR count). The molecular weight excluding hydrogens is 537 g/mol. The van der Waals surface area contributed by atoms with Gasteiger partial charge in [-0.25, -0.2) is 4.57 Å². The number of phosphoric acid groups is 1. The zero-order chi connectivity index (χ0) is 31.9. The Labute approximate surface area is 256 Å². The van der Waals surface area contributed by atoms with Crippen molar-refractivity contribution in [3.63, 3.8) is 0 Å². The fourth-order valence-corrected chi connectivity index (χ4v) is 5.83. The molecule has 0 aromatic carbocycles. The first kappa shape index (κ1) is 43.1. The summed E-state index contributed by atoms with van der Waals surface area (Å²) in [6.45, 7) is 16.0. The number of likely N-dealkylation sites (N-methyl/N-ethyl adjacent to an activating group) is 1. The van der Waals surface area contributed by atoms with E-state index in [1.807, 2.05) is 21.1 Å². The Morgan fingerprint density at radius 3 is 1.63 bits per heavy atom. The molecule has 3 N–H and O–H groups in total. The Balaban J connectivity index is 0. The van der Waals surface area contributed by atoms with Crippen LogP contribution < -0.4 is 0 Å². The first-order valence-electron chi connectivity index (χ1n) is 16.8. The van der Waals surface area contributed by atoms with Gasteiger partial charge in [-0.2, -0.15) is 0 Å². The van der Waals surface area contributed by atoms with Crippen molar-refractivity contribution in [2.45, 2.75) is 151 Å². The molecule has 0 saturated carbocycles. The van der Waals surface area contributed by atoms with Gasteiger partial charge in [0, 0.05) is 0 Å². The maximum absolute atomic E-state index is 11.9. The molecule has 0 saturated heterocycles. The second-order valence-corrected chi connectivity index (χ2v) is 15.6. The van der Waals surface area contributed by atoms with Gasteiger partial charge in [-0.05, 0) is 30.1 Å². The van der Waals surface area contributed by atoms with Gasteiger partial charge in [-0.1, -0.05) is 132 Å². The number of aliphatic hydroxyl groups excluding tert-OH is 2. The van der Waals surface area contributed by atoms with Crippen LogP contribution in [0.2, 0.25) is 0 Å². The van der Waals surface area contributed by atoms with Crippen LogP contribution in [0.15, 0.2) is 0 Å². The van der Waals surface area contributed by atoms with Crippen molar-refractivity contribution in [2.75, 3.05) is 40.9 Å². The molecule has 8 heteroatoms. The summed E-state index contributed by atoms with van der Waals surface area (Å²) in [6, 6.07) is 0. The van der Waals surface area contributed by atoms with Gasteiger partial charge in [-0.15, -0.1) is 0 Å². The Morgan fingerprint density at radius 2 is 1.22 bits per heavy atom. The van der Waals surface area contributed by atoms with Gasteiger partial charge in [0.1, 0.15) is 18.8 Å². The van der Waals surface area contributed by atoms with Crippen LogP contribution in [0.1, 0.15) is 138 Å². The second-order valence-electron chi connectivity index (χ2n) is 14.2. The number of unbranched alkanes of at least 4 members (excludes halogenated alkanes) is 2. The average molecular weight is 611 g/mol. The molecule has 0 aliphatic rings. The molecule has 0 bridgehead atoms. The van der Waals surface area contributed by atoms with Crippen molar-refractivity contribution >= 4 is 7.82 Å². The highest BCUT2D eigenvalue weighted by atomic mass is 31.2. The third-order valence-corrected chi connectivity index (χ3v) is 8.81. The van der Waals surface area contributed by atoms with E-state index in [1.165, 1.54) is 64.2 Å². The summed E-state index contributed by atoms with van der Waals surface area (Å²) in [5.41, 5.74) is 0. The predicted molar refractivity (Wildman–Crippen MR) is 175 cm³/mol. The minimum absolute atomic E-state index is 0.390. The zero-order valence-corrected chi connectivity index (χ0v) is 29.8. The van der Waals surface area contributed by atoms with Crippen molar-refractivity contribution in [1.82, 2.24) is 0 Å². The van der Waals surface area contributed by atoms with Crippen molar-refractivity contribution in [3.8, 4) is 0 Å². The van der Waals surface area contributed by atoms with Crippen LogP contribution in [-0.2, 0) is 13.6 Å². The van der Waals surface area contributed by atoms with Crippen LogP contribution in [0, 0.1) is 23.7 Å². The van der Waals surface area contributed by atoms with Gasteiger partial charge in [-0.3, -0.25) is 9.05 Å². The van der Waals surface area contributed by atoms with E-state index >= 15 is 0 Å². The topological polar surface area (TPSA) is 96.2 Å². The predicted octanol–water partition coefficient (Wildman–Crippen LogP) is 8.60. The van der Waals surface area contributed by atoms with Gasteiger partial charge in [0.05, 0.1) is 34.4 Å². The van der Waals surface area contributed by atoms with Gasteiger partial charge in [0.25, 0.3) is 0 Å². The molecule has 0 radical (unpaired) electrons. The third-order valence-electron chi connectivity index (χ3n) is 7.77. The molecule has 0 fully saturated rings. The molecule has 6 unspecified atom stereocenters. The fraction of sp³-hybridized carbons (Fsp3) is 1.00. The SMILES string of the molecule is CCC(C)CCCC(C)CCCC(C)CCCC(C)C.CCCCCC(C[N+](C)(C)C)OP(=O)(O)OCC(O)CO. The molecule has 6 atom stereocenters. The molecule has 250 valence electrons. The van der Waals surface area contributed by atoms with E-state index in [4.69, 9.17) is 19.3 Å². The minimum atomic E-state index is -4.23. The lowest BCUT2D eigenvalue weighted by molar-refractivity contribution is -0.873. The smallest absolute Gasteiger partial charge is 0.394 e. The van der Waals surface area contributed by atoms with Gasteiger partial charge < -0.3 is 19.6 Å². The van der Waals surface area contributed by atoms with E-state index in [2.05, 4.69) is 48.5 Å². The van der Waals surface area contributed by atoms with Crippen LogP contribution in [0.5, 0.6) is 0 Å². The summed E-state index contributed by atoms with van der Waals surface area (Å²) in [5.74, 6) is 3.71. The van der Waals surface area contributed by atoms with E-state index in [0.29, 0.717) is 17.4 Å². The molecule has 7 nitrogen and oxygen atoms in total. The molecule has 0 aliphatic carbocycles. The lowest BCUT2D eigenvalue weighted by Crippen LogP contribution is -2.42. The van der Waals surface area contributed by atoms with E-state index in [0.717, 1.165) is 42.9 Å². The summed E-state index contributed by atoms with van der Waals surface area (Å²) in [7, 11) is 1.71. The first-order valence-corrected chi connectivity index (χ1v) is 18.3. The number of aliphatic hydroxyl groups is 2. The van der Waals surface area contributed by atoms with Crippen LogP contribution in [0.3, 0.4) is 0 Å². The summed E-state index contributed by atoms with van der Waals surface area (Å²) >= 11 is 0. The standard InChI is InChI=1S/C20H42.C13H30NO6P/c1-7-18(4)12-9-14-20(6)16-10-15-19(5)13-8-11-17(2)3;1-5-6-7-8-13(9-14(2,3)4)20-21(17,18)19-11-12(16)10-15/h17-20H,7-16H2,1-6H3;12-13,15-16H,5-11H2,1-4H3/p+1. The van der Waals surface area contributed by atoms with Crippen molar-refractivity contribution < 1.29 is 33.2 Å². The Kier molecular flexibility index (Phi) is 26.6. The first-order chi connectivity index (χ1) is 19.0. The molecular formula is C33H73NO6P+. The van der Waals surface area contributed by atoms with Gasteiger partial charge in [0.2, 0.25) is 0 Å². The highest BCUT2D eigenvalue weighted by molar-refractivity contribution is 7.47. The molecule has 41 heavy (non-hydrogen) atoms. The highest BCUT2D eigenvalue weighted by Crippen LogP contribution is 2.45. The molecule has 0 heterocycles. The second kappa shape index (κ2) is 25.3. The van der Waals surface area contributed by atoms with Crippen molar-refractivity contribution in [1.29, 1.82) is 0 Å². The van der Waals surface area contributed by atoms with Gasteiger partial charge in [0.15, 0.2) is 0 Å². The fourth-order valence-electron chi connectivity index (χ4n) is 4.86. The summed E-state index contributed by atoms with van der Waals surface area (Å²) in [6.07, 6.45) is 16.5. The Hall–Kier alpha value is -0.0100. The van der Waals surface area contributed by atoms with E-state index in [1.54, 1.807) is 0 Å². The lowest BCUT2D eigenvalue weighted by Gasteiger charge is -2.30. The molecule has 0 aliphatic heterocycles. The van der Waals surface area contributed by atoms with Crippen LogP contribution in [0.4, 0.5) is 0 Å². The molecule has 0 amide bonds. The number of rotatable bonds is 25. The monoisotopic (exact) mass is 611 g/mol. The van der Waals surface area contributed by atoms with E-state index < -0.39 is 33.2 Å². The number of nitrogens with zero attached hydrogens (tertiary/aromatic N) is 1. The number of phosphoric ester groups is 1. The number of hydrogen-bond donors (Lipinski definition) is 3. The van der Waals surface area contributed by atoms with Crippen molar-refractivity contribution in [2.24, 2.45) is 23.7 Å². The molecule has 0 aromatic heterocycles. The third kappa shape index (κ3) is 31.2. The average Bonchev–Trinajstić information content (AvgIpc) is 2.86. The summed E-state index contributed by atoms with van der Waals surface area (Å²) < 4.78 is 22.4. The summed E-state index contributed by atoms with van der Waals surface area (Å²) in [4.78, 5) is 9.69. The molecule has 0 spiro atoms. The number of hydrogen-bond acceptors (Lipinski definition) is 5. The zero-order valence-electron chi connectivity index (χ0n) is 28.9. The van der Waals surface area contributed by atoms with Gasteiger partial charge >= 0.3 is 7.82 Å². The largest absolute Gasteiger partial charge is 0.472 e. The van der Waals surface area contributed by atoms with Crippen LogP contribution >= 0.6 is 7.82 Å². The highest BCUT2D eigenvalue weighted by Gasteiger charge is 2.30. The van der Waals surface area contributed by atoms with Crippen LogP contribution in [-0.4, -0.2) is 72.7 Å². The van der Waals surface area contributed by atoms with E-state index in [-0.39, 0.29) is 0 Å². The maximum Gasteiger partial charge on any atom is 0.472 e. The lowest BCUT2D eigenvalue weighted by atomic mass is 9.91. The van der Waals surface area contributed by atoms with Crippen LogP contribution in [0.25, 0.3) is 0 Å². The quantitative estimate of drug-likeness (QED) is 0.0544. The molecule has 0 aromatic rings. The number of quaternary nitrogens is 1. The van der Waals surface area contributed by atoms with E-state index in [9.17, 15) is 9.46 Å². The maximum atomic E-state index is 11.9. The summed E-state index contributed by atoms with van der Waals surface area (Å²) in [5, 5.41) is 17.8. The minimum Gasteiger partial charge on any atom is -0.394 e. The Bertz CT molecular complexity index is 627. The van der Waals surface area contributed by atoms with Crippen molar-refractivity contribution in [3.05, 3.63) is 0 Å².